The molecule has 0 fully saturated rings. The van der Waals surface area contributed by atoms with Crippen LogP contribution in [0, 0.1) is 18.8 Å². The van der Waals surface area contributed by atoms with Crippen molar-refractivity contribution in [2.75, 3.05) is 18.2 Å². The van der Waals surface area contributed by atoms with Crippen LogP contribution in [-0.4, -0.2) is 49.7 Å². The molecule has 1 unspecified atom stereocenters. The first-order valence-corrected chi connectivity index (χ1v) is 14.7. The zero-order chi connectivity index (χ0) is 31.1. The van der Waals surface area contributed by atoms with Gasteiger partial charge in [0.2, 0.25) is 0 Å². The number of aryl methyl sites for hydroxylation is 3. The van der Waals surface area contributed by atoms with Crippen molar-refractivity contribution in [1.29, 1.82) is 0 Å². The van der Waals surface area contributed by atoms with Crippen LogP contribution in [0.1, 0.15) is 49.7 Å². The highest BCUT2D eigenvalue weighted by Gasteiger charge is 2.16. The molecule has 1 atom stereocenters. The summed E-state index contributed by atoms with van der Waals surface area (Å²) in [6, 6.07) is 16.7. The molecular formula is C31H30N6O5S. The second-order valence-electron chi connectivity index (χ2n) is 9.56. The second-order valence-corrected chi connectivity index (χ2v) is 11.6. The van der Waals surface area contributed by atoms with E-state index in [1.807, 2.05) is 0 Å². The lowest BCUT2D eigenvalue weighted by atomic mass is 10.1. The maximum absolute atomic E-state index is 13.3. The third-order valence-corrected chi connectivity index (χ3v) is 7.83. The van der Waals surface area contributed by atoms with Gasteiger partial charge in [-0.25, -0.2) is 9.19 Å². The van der Waals surface area contributed by atoms with Crippen LogP contribution < -0.4 is 15.8 Å². The number of ether oxygens (including phenoxy) is 1. The summed E-state index contributed by atoms with van der Waals surface area (Å²) in [5, 5.41) is 7.02. The number of nitrogens with one attached hydrogen (secondary N) is 2. The van der Waals surface area contributed by atoms with E-state index in [1.54, 1.807) is 68.6 Å². The Labute approximate surface area is 249 Å². The Kier molecular flexibility index (Phi) is 9.27. The summed E-state index contributed by atoms with van der Waals surface area (Å²) in [6.07, 6.45) is 1.94. The van der Waals surface area contributed by atoms with Crippen molar-refractivity contribution >= 4 is 44.9 Å². The number of hydrogen-bond donors (Lipinski definition) is 3. The van der Waals surface area contributed by atoms with E-state index in [1.165, 1.54) is 24.1 Å². The van der Waals surface area contributed by atoms with E-state index in [-0.39, 0.29) is 35.2 Å². The fourth-order valence-corrected chi connectivity index (χ4v) is 5.13. The molecule has 0 aliphatic carbocycles. The van der Waals surface area contributed by atoms with Crippen molar-refractivity contribution in [3.05, 3.63) is 101 Å². The van der Waals surface area contributed by atoms with E-state index in [2.05, 4.69) is 42.6 Å². The molecule has 220 valence electrons. The Morgan fingerprint density at radius 3 is 2.49 bits per heavy atom. The Bertz CT molecular complexity index is 1870. The third-order valence-electron chi connectivity index (χ3n) is 6.28. The number of pyridine rings is 1. The summed E-state index contributed by atoms with van der Waals surface area (Å²) in [6.45, 7) is 1.81. The van der Waals surface area contributed by atoms with Gasteiger partial charge in [-0.1, -0.05) is 30.0 Å². The van der Waals surface area contributed by atoms with Crippen LogP contribution in [0.3, 0.4) is 0 Å². The number of esters is 1. The predicted molar refractivity (Wildman–Crippen MR) is 165 cm³/mol. The van der Waals surface area contributed by atoms with Gasteiger partial charge in [0.05, 0.1) is 33.6 Å². The van der Waals surface area contributed by atoms with Gasteiger partial charge in [0.25, 0.3) is 11.8 Å². The SMILES string of the molecule is C=S(=O)(NC(=O)c1cnc(N)c(C#Cc2cccc(NC(=O)c3cc(C)nn3C)c2)c1)c1ccc(CCC(=O)OC)cc1. The summed E-state index contributed by atoms with van der Waals surface area (Å²) in [7, 11) is -0.181. The number of benzene rings is 2. The maximum atomic E-state index is 13.3. The number of rotatable bonds is 8. The lowest BCUT2D eigenvalue weighted by Crippen LogP contribution is -2.30. The van der Waals surface area contributed by atoms with Crippen LogP contribution in [-0.2, 0) is 32.7 Å². The number of nitrogens with zero attached hydrogens (tertiary/aromatic N) is 3. The first kappa shape index (κ1) is 30.5. The molecule has 0 saturated carbocycles. The third kappa shape index (κ3) is 7.87. The number of nitrogens with two attached hydrogens (primary N) is 1. The van der Waals surface area contributed by atoms with Crippen LogP contribution >= 0.6 is 0 Å². The minimum absolute atomic E-state index is 0.0945. The Balaban J connectivity index is 1.46. The standard InChI is InChI=1S/C31H30N6O5S/c1-20-16-27(37(2)35-20)31(40)34-25-7-5-6-22(17-25)8-12-23-18-24(19-33-29(23)32)30(39)36-43(4,41)26-13-9-21(10-14-26)11-15-28(38)42-3/h5-7,9-10,13-14,16-19H,4,11,15H2,1-3H3,(H2,32,33)(H,34,40)(H,36,39,41). The molecule has 0 aliphatic heterocycles. The zero-order valence-electron chi connectivity index (χ0n) is 23.8. The summed E-state index contributed by atoms with van der Waals surface area (Å²) < 4.78 is 21.9. The van der Waals surface area contributed by atoms with Crippen molar-refractivity contribution < 1.29 is 23.3 Å². The average Bonchev–Trinajstić information content (AvgIpc) is 3.33. The Morgan fingerprint density at radius 1 is 1.07 bits per heavy atom. The van der Waals surface area contributed by atoms with Crippen LogP contribution in [0.5, 0.6) is 0 Å². The molecule has 4 rings (SSSR count). The van der Waals surface area contributed by atoms with Crippen LogP contribution in [0.15, 0.2) is 71.8 Å². The normalized spacial score (nSPS) is 11.9. The zero-order valence-corrected chi connectivity index (χ0v) is 24.7. The number of methoxy groups -OCH3 is 1. The largest absolute Gasteiger partial charge is 0.469 e. The molecule has 4 aromatic rings. The topological polar surface area (TPSA) is 158 Å². The molecule has 2 amide bonds. The van der Waals surface area contributed by atoms with Crippen LogP contribution in [0.2, 0.25) is 0 Å². The maximum Gasteiger partial charge on any atom is 0.305 e. The highest BCUT2D eigenvalue weighted by atomic mass is 32.2. The fourth-order valence-electron chi connectivity index (χ4n) is 4.02. The highest BCUT2D eigenvalue weighted by molar-refractivity contribution is 7.99. The number of amides is 2. The molecule has 0 aliphatic rings. The van der Waals surface area contributed by atoms with Gasteiger partial charge in [0.1, 0.15) is 11.5 Å². The van der Waals surface area contributed by atoms with Crippen molar-refractivity contribution in [2.24, 2.45) is 7.05 Å². The molecule has 4 N–H and O–H groups in total. The molecule has 2 heterocycles. The van der Waals surface area contributed by atoms with Gasteiger partial charge in [-0.05, 0) is 67.2 Å². The van der Waals surface area contributed by atoms with E-state index in [9.17, 15) is 18.6 Å². The summed E-state index contributed by atoms with van der Waals surface area (Å²) in [5.41, 5.74) is 9.51. The van der Waals surface area contributed by atoms with Crippen molar-refractivity contribution in [3.63, 3.8) is 0 Å². The summed E-state index contributed by atoms with van der Waals surface area (Å²) in [4.78, 5) is 41.4. The lowest BCUT2D eigenvalue weighted by molar-refractivity contribution is -0.140. The smallest absolute Gasteiger partial charge is 0.305 e. The van der Waals surface area contributed by atoms with E-state index in [0.717, 1.165) is 11.3 Å². The lowest BCUT2D eigenvalue weighted by Gasteiger charge is -2.12. The van der Waals surface area contributed by atoms with Gasteiger partial charge in [-0.15, -0.1) is 0 Å². The van der Waals surface area contributed by atoms with Gasteiger partial charge in [0.15, 0.2) is 0 Å². The van der Waals surface area contributed by atoms with Gasteiger partial charge >= 0.3 is 5.97 Å². The minimum atomic E-state index is -3.20. The van der Waals surface area contributed by atoms with Crippen molar-refractivity contribution in [2.45, 2.75) is 24.7 Å². The van der Waals surface area contributed by atoms with E-state index in [4.69, 9.17) is 5.73 Å². The predicted octanol–water partition coefficient (Wildman–Crippen LogP) is 2.88. The molecule has 12 heteroatoms. The monoisotopic (exact) mass is 598 g/mol. The highest BCUT2D eigenvalue weighted by Crippen LogP contribution is 2.16. The Hall–Kier alpha value is -5.41. The molecule has 0 spiro atoms. The van der Waals surface area contributed by atoms with Gasteiger partial charge < -0.3 is 15.8 Å². The van der Waals surface area contributed by atoms with E-state index >= 15 is 0 Å². The minimum Gasteiger partial charge on any atom is -0.469 e. The molecular weight excluding hydrogens is 568 g/mol. The first-order valence-electron chi connectivity index (χ1n) is 13.0. The number of hydrogen-bond acceptors (Lipinski definition) is 8. The van der Waals surface area contributed by atoms with E-state index in [0.29, 0.717) is 28.3 Å². The van der Waals surface area contributed by atoms with Crippen LogP contribution in [0.4, 0.5) is 11.5 Å². The first-order chi connectivity index (χ1) is 20.4. The number of nitrogen functional groups attached to an aromatic ring is 1. The Morgan fingerprint density at radius 2 is 1.81 bits per heavy atom. The molecule has 11 nitrogen and oxygen atoms in total. The van der Waals surface area contributed by atoms with E-state index < -0.39 is 15.6 Å². The quantitative estimate of drug-likeness (QED) is 0.159. The van der Waals surface area contributed by atoms with Crippen molar-refractivity contribution in [3.8, 4) is 11.8 Å². The average molecular weight is 599 g/mol. The molecule has 0 bridgehead atoms. The summed E-state index contributed by atoms with van der Waals surface area (Å²) >= 11 is 0. The van der Waals surface area contributed by atoms with Crippen LogP contribution in [0.25, 0.3) is 0 Å². The number of carbonyl (C=O) groups is 3. The number of anilines is 2. The van der Waals surface area contributed by atoms with Crippen molar-refractivity contribution in [1.82, 2.24) is 19.5 Å². The molecule has 0 radical (unpaired) electrons. The van der Waals surface area contributed by atoms with Gasteiger partial charge in [-0.2, -0.15) is 5.10 Å². The summed E-state index contributed by atoms with van der Waals surface area (Å²) in [5.74, 6) is 8.39. The number of aromatic nitrogens is 3. The number of carbonyl (C=O) groups excluding carboxylic acids is 3. The molecule has 2 aromatic carbocycles. The molecule has 43 heavy (non-hydrogen) atoms. The van der Waals surface area contributed by atoms with Gasteiger partial charge in [0, 0.05) is 35.8 Å². The fraction of sp³-hybridized carbons (Fsp3) is 0.161. The molecule has 0 saturated heterocycles. The second kappa shape index (κ2) is 13.1. The van der Waals surface area contributed by atoms with Gasteiger partial charge in [-0.3, -0.25) is 23.8 Å². The molecule has 2 aromatic heterocycles.